The molecule has 3 aromatic rings. The van der Waals surface area contributed by atoms with Gasteiger partial charge in [0.1, 0.15) is 6.04 Å². The lowest BCUT2D eigenvalue weighted by Crippen LogP contribution is -2.32. The number of imidazole rings is 1. The van der Waals surface area contributed by atoms with Crippen molar-refractivity contribution in [3.8, 4) is 0 Å². The third-order valence-electron chi connectivity index (χ3n) is 4.34. The molecule has 6 heteroatoms. The van der Waals surface area contributed by atoms with Crippen molar-refractivity contribution in [2.45, 2.75) is 32.9 Å². The maximum absolute atomic E-state index is 12.7. The molecular formula is C20H22N4O2. The van der Waals surface area contributed by atoms with Crippen LogP contribution >= 0.6 is 0 Å². The summed E-state index contributed by atoms with van der Waals surface area (Å²) in [5.41, 5.74) is 3.43. The topological polar surface area (TPSA) is 76.0 Å². The average Bonchev–Trinajstić information content (AvgIpc) is 3.04. The van der Waals surface area contributed by atoms with Crippen molar-refractivity contribution < 1.29 is 9.59 Å². The summed E-state index contributed by atoms with van der Waals surface area (Å²) in [5.74, 6) is -0.218. The molecule has 26 heavy (non-hydrogen) atoms. The molecule has 0 aliphatic rings. The minimum Gasteiger partial charge on any atom is -0.348 e. The Kier molecular flexibility index (Phi) is 5.02. The van der Waals surface area contributed by atoms with E-state index in [1.807, 2.05) is 66.9 Å². The second-order valence-corrected chi connectivity index (χ2v) is 6.35. The lowest BCUT2D eigenvalue weighted by molar-refractivity contribution is -0.124. The highest BCUT2D eigenvalue weighted by molar-refractivity contribution is 5.88. The summed E-state index contributed by atoms with van der Waals surface area (Å²) in [6.45, 7) is 5.24. The molecule has 2 atom stereocenters. The van der Waals surface area contributed by atoms with Crippen LogP contribution < -0.4 is 10.6 Å². The van der Waals surface area contributed by atoms with Gasteiger partial charge in [0.15, 0.2) is 0 Å². The highest BCUT2D eigenvalue weighted by atomic mass is 16.2. The molecule has 0 aliphatic heterocycles. The van der Waals surface area contributed by atoms with Crippen molar-refractivity contribution in [1.82, 2.24) is 14.9 Å². The quantitative estimate of drug-likeness (QED) is 0.740. The number of carbonyl (C=O) groups excluding carboxylic acids is 2. The van der Waals surface area contributed by atoms with Crippen molar-refractivity contribution in [3.63, 3.8) is 0 Å². The fourth-order valence-electron chi connectivity index (χ4n) is 2.92. The van der Waals surface area contributed by atoms with Gasteiger partial charge >= 0.3 is 0 Å². The molecule has 2 N–H and O–H groups in total. The zero-order valence-electron chi connectivity index (χ0n) is 15.1. The van der Waals surface area contributed by atoms with E-state index in [0.29, 0.717) is 5.69 Å². The number of anilines is 1. The van der Waals surface area contributed by atoms with Crippen LogP contribution in [0.2, 0.25) is 0 Å². The van der Waals surface area contributed by atoms with Gasteiger partial charge in [-0.25, -0.2) is 4.98 Å². The average molecular weight is 350 g/mol. The molecule has 0 bridgehead atoms. The van der Waals surface area contributed by atoms with Gasteiger partial charge in [0.05, 0.1) is 23.4 Å². The first kappa shape index (κ1) is 17.7. The molecule has 1 heterocycles. The van der Waals surface area contributed by atoms with Gasteiger partial charge in [-0.1, -0.05) is 24.3 Å². The molecule has 0 spiro atoms. The van der Waals surface area contributed by atoms with Gasteiger partial charge in [-0.2, -0.15) is 0 Å². The van der Waals surface area contributed by atoms with Crippen LogP contribution in [0.1, 0.15) is 38.4 Å². The molecule has 0 saturated heterocycles. The van der Waals surface area contributed by atoms with Crippen LogP contribution in [0.4, 0.5) is 5.69 Å². The van der Waals surface area contributed by atoms with Gasteiger partial charge < -0.3 is 15.2 Å². The van der Waals surface area contributed by atoms with E-state index in [0.717, 1.165) is 16.6 Å². The number of rotatable bonds is 5. The summed E-state index contributed by atoms with van der Waals surface area (Å²) in [7, 11) is 0. The number of amides is 2. The van der Waals surface area contributed by atoms with Gasteiger partial charge in [-0.15, -0.1) is 0 Å². The predicted molar refractivity (Wildman–Crippen MR) is 102 cm³/mol. The van der Waals surface area contributed by atoms with Crippen molar-refractivity contribution >= 4 is 28.5 Å². The van der Waals surface area contributed by atoms with Gasteiger partial charge in [0.25, 0.3) is 0 Å². The minimum atomic E-state index is -0.386. The first-order chi connectivity index (χ1) is 12.5. The van der Waals surface area contributed by atoms with E-state index in [1.165, 1.54) is 6.92 Å². The first-order valence-corrected chi connectivity index (χ1v) is 8.55. The minimum absolute atomic E-state index is 0.0921. The number of aromatic nitrogens is 2. The fourth-order valence-corrected chi connectivity index (χ4v) is 2.92. The Morgan fingerprint density at radius 2 is 1.85 bits per heavy atom. The van der Waals surface area contributed by atoms with Crippen molar-refractivity contribution in [2.24, 2.45) is 0 Å². The molecular weight excluding hydrogens is 328 g/mol. The first-order valence-electron chi connectivity index (χ1n) is 8.55. The summed E-state index contributed by atoms with van der Waals surface area (Å²) in [4.78, 5) is 28.3. The van der Waals surface area contributed by atoms with Gasteiger partial charge in [-0.05, 0) is 43.7 Å². The van der Waals surface area contributed by atoms with Crippen LogP contribution in [0.3, 0.4) is 0 Å². The number of para-hydroxylation sites is 2. The number of carbonyl (C=O) groups is 2. The Balaban J connectivity index is 1.73. The summed E-state index contributed by atoms with van der Waals surface area (Å²) >= 11 is 0. The molecule has 3 rings (SSSR count). The zero-order valence-corrected chi connectivity index (χ0v) is 15.1. The highest BCUT2D eigenvalue weighted by Crippen LogP contribution is 2.20. The fraction of sp³-hybridized carbons (Fsp3) is 0.250. The Labute approximate surface area is 152 Å². The van der Waals surface area contributed by atoms with Crippen molar-refractivity contribution in [2.75, 3.05) is 5.32 Å². The second-order valence-electron chi connectivity index (χ2n) is 6.35. The van der Waals surface area contributed by atoms with E-state index >= 15 is 0 Å². The number of hydrogen-bond donors (Lipinski definition) is 2. The molecule has 0 fully saturated rings. The number of benzene rings is 2. The number of nitrogens with one attached hydrogen (secondary N) is 2. The van der Waals surface area contributed by atoms with E-state index in [2.05, 4.69) is 15.6 Å². The van der Waals surface area contributed by atoms with Crippen LogP contribution in [-0.2, 0) is 9.59 Å². The maximum Gasteiger partial charge on any atom is 0.243 e. The Morgan fingerprint density at radius 3 is 2.62 bits per heavy atom. The Morgan fingerprint density at radius 1 is 1.08 bits per heavy atom. The predicted octanol–water partition coefficient (Wildman–Crippen LogP) is 3.43. The van der Waals surface area contributed by atoms with Crippen LogP contribution in [0.15, 0.2) is 54.9 Å². The Hall–Kier alpha value is -3.15. The number of fused-ring (bicyclic) bond motifs is 1. The second kappa shape index (κ2) is 7.39. The largest absolute Gasteiger partial charge is 0.348 e. The zero-order chi connectivity index (χ0) is 18.7. The lowest BCUT2D eigenvalue weighted by Gasteiger charge is -2.20. The molecule has 134 valence electrons. The number of nitrogens with zero attached hydrogens (tertiary/aromatic N) is 2. The van der Waals surface area contributed by atoms with E-state index in [-0.39, 0.29) is 23.9 Å². The standard InChI is InChI=1S/C20H22N4O2/c1-13(16-7-6-8-17(11-16)23-15(3)25)22-20(26)14(2)24-12-21-18-9-4-5-10-19(18)24/h4-14H,1-3H3,(H,22,26)(H,23,25)/t13-,14-/m0/s1. The molecule has 0 aliphatic carbocycles. The third kappa shape index (κ3) is 3.74. The van der Waals surface area contributed by atoms with E-state index in [4.69, 9.17) is 0 Å². The van der Waals surface area contributed by atoms with E-state index in [9.17, 15) is 9.59 Å². The molecule has 1 aromatic heterocycles. The maximum atomic E-state index is 12.7. The summed E-state index contributed by atoms with van der Waals surface area (Å²) < 4.78 is 1.87. The lowest BCUT2D eigenvalue weighted by atomic mass is 10.1. The van der Waals surface area contributed by atoms with Crippen LogP contribution in [0, 0.1) is 0 Å². The van der Waals surface area contributed by atoms with Crippen molar-refractivity contribution in [1.29, 1.82) is 0 Å². The molecule has 2 amide bonds. The van der Waals surface area contributed by atoms with Gasteiger partial charge in [0.2, 0.25) is 11.8 Å². The highest BCUT2D eigenvalue weighted by Gasteiger charge is 2.19. The molecule has 0 saturated carbocycles. The molecule has 2 aromatic carbocycles. The molecule has 6 nitrogen and oxygen atoms in total. The molecule has 0 radical (unpaired) electrons. The van der Waals surface area contributed by atoms with Crippen molar-refractivity contribution in [3.05, 3.63) is 60.4 Å². The summed E-state index contributed by atoms with van der Waals surface area (Å²) in [6.07, 6.45) is 1.69. The van der Waals surface area contributed by atoms with E-state index in [1.54, 1.807) is 6.33 Å². The van der Waals surface area contributed by atoms with Gasteiger partial charge in [0, 0.05) is 12.6 Å². The SMILES string of the molecule is CC(=O)Nc1cccc([C@H](C)NC(=O)[C@H](C)n2cnc3ccccc32)c1. The normalized spacial score (nSPS) is 13.2. The summed E-state index contributed by atoms with van der Waals surface area (Å²) in [5, 5.41) is 5.78. The number of hydrogen-bond acceptors (Lipinski definition) is 3. The van der Waals surface area contributed by atoms with Gasteiger partial charge in [-0.3, -0.25) is 9.59 Å². The molecule has 0 unspecified atom stereocenters. The van der Waals surface area contributed by atoms with Crippen LogP contribution in [0.5, 0.6) is 0 Å². The third-order valence-corrected chi connectivity index (χ3v) is 4.34. The van der Waals surface area contributed by atoms with Crippen LogP contribution in [0.25, 0.3) is 11.0 Å². The van der Waals surface area contributed by atoms with E-state index < -0.39 is 0 Å². The monoisotopic (exact) mass is 350 g/mol. The summed E-state index contributed by atoms with van der Waals surface area (Å²) in [6, 6.07) is 14.6. The van der Waals surface area contributed by atoms with Crippen LogP contribution in [-0.4, -0.2) is 21.4 Å². The smallest absolute Gasteiger partial charge is 0.243 e. The Bertz CT molecular complexity index is 948.